The molecule has 2 aliphatic heterocycles. The summed E-state index contributed by atoms with van der Waals surface area (Å²) in [7, 11) is 0. The smallest absolute Gasteiger partial charge is 0.165 e. The summed E-state index contributed by atoms with van der Waals surface area (Å²) in [5, 5.41) is 0. The first kappa shape index (κ1) is 12.9. The van der Waals surface area contributed by atoms with Crippen LogP contribution in [0, 0.1) is 5.82 Å². The molecule has 1 unspecified atom stereocenters. The van der Waals surface area contributed by atoms with Crippen LogP contribution in [-0.2, 0) is 5.54 Å². The van der Waals surface area contributed by atoms with Crippen molar-refractivity contribution in [3.8, 4) is 5.75 Å². The number of nitrogens with two attached hydrogens (primary N) is 1. The molecule has 3 nitrogen and oxygen atoms in total. The minimum Gasteiger partial charge on any atom is -0.490 e. The first-order valence-corrected chi connectivity index (χ1v) is 7.15. The van der Waals surface area contributed by atoms with Crippen molar-refractivity contribution >= 4 is 0 Å². The molecule has 104 valence electrons. The molecule has 0 aromatic heterocycles. The lowest BCUT2D eigenvalue weighted by Gasteiger charge is -2.41. The minimum atomic E-state index is -0.267. The highest BCUT2D eigenvalue weighted by molar-refractivity contribution is 5.42. The van der Waals surface area contributed by atoms with Gasteiger partial charge < -0.3 is 10.5 Å². The molecule has 4 heteroatoms. The van der Waals surface area contributed by atoms with Crippen LogP contribution in [0.25, 0.3) is 0 Å². The third-order valence-electron chi connectivity index (χ3n) is 4.50. The van der Waals surface area contributed by atoms with E-state index in [1.54, 1.807) is 6.07 Å². The van der Waals surface area contributed by atoms with Gasteiger partial charge in [-0.3, -0.25) is 4.90 Å². The van der Waals surface area contributed by atoms with Crippen molar-refractivity contribution in [2.24, 2.45) is 5.73 Å². The van der Waals surface area contributed by atoms with Crippen molar-refractivity contribution in [2.75, 3.05) is 26.2 Å². The summed E-state index contributed by atoms with van der Waals surface area (Å²) in [4.78, 5) is 2.43. The Morgan fingerprint density at radius 1 is 1.26 bits per heavy atom. The van der Waals surface area contributed by atoms with Gasteiger partial charge in [0.25, 0.3) is 0 Å². The van der Waals surface area contributed by atoms with Crippen molar-refractivity contribution in [2.45, 2.75) is 31.2 Å². The summed E-state index contributed by atoms with van der Waals surface area (Å²) in [5.41, 5.74) is 6.83. The predicted molar refractivity (Wildman–Crippen MR) is 72.7 cm³/mol. The normalized spacial score (nSPS) is 27.7. The van der Waals surface area contributed by atoms with Crippen LogP contribution in [0.3, 0.4) is 0 Å². The fourth-order valence-electron chi connectivity index (χ4n) is 3.51. The number of ether oxygens (including phenoxy) is 1. The Morgan fingerprint density at radius 2 is 2.05 bits per heavy atom. The van der Waals surface area contributed by atoms with Gasteiger partial charge in [0.2, 0.25) is 0 Å². The molecule has 2 heterocycles. The number of nitrogens with zero attached hydrogens (tertiary/aromatic N) is 1. The molecule has 1 atom stereocenters. The Kier molecular flexibility index (Phi) is 3.46. The molecule has 0 bridgehead atoms. The maximum absolute atomic E-state index is 14.0. The van der Waals surface area contributed by atoms with Crippen LogP contribution >= 0.6 is 0 Å². The van der Waals surface area contributed by atoms with Crippen LogP contribution in [0.4, 0.5) is 4.39 Å². The second-order valence-electron chi connectivity index (χ2n) is 5.50. The van der Waals surface area contributed by atoms with Gasteiger partial charge in [-0.05, 0) is 44.8 Å². The van der Waals surface area contributed by atoms with Crippen molar-refractivity contribution in [1.82, 2.24) is 4.90 Å². The van der Waals surface area contributed by atoms with Gasteiger partial charge >= 0.3 is 0 Å². The van der Waals surface area contributed by atoms with Gasteiger partial charge in [0.15, 0.2) is 11.6 Å². The Bertz CT molecular complexity index is 459. The molecule has 0 aliphatic carbocycles. The summed E-state index contributed by atoms with van der Waals surface area (Å²) in [6.45, 7) is 3.19. The zero-order valence-corrected chi connectivity index (χ0v) is 11.2. The molecule has 0 saturated carbocycles. The standard InChI is InChI=1S/C15H21FN2O/c16-13-6-3-5-12-14(13)19-10-4-7-15(12,11-17)18-8-1-2-9-18/h3,5-6H,1-2,4,7-11,17H2. The van der Waals surface area contributed by atoms with Crippen molar-refractivity contribution < 1.29 is 9.13 Å². The Hall–Kier alpha value is -1.13. The van der Waals surface area contributed by atoms with E-state index < -0.39 is 0 Å². The molecule has 19 heavy (non-hydrogen) atoms. The van der Waals surface area contributed by atoms with Crippen LogP contribution < -0.4 is 10.5 Å². The van der Waals surface area contributed by atoms with Gasteiger partial charge in [-0.1, -0.05) is 12.1 Å². The zero-order chi connectivity index (χ0) is 13.3. The van der Waals surface area contributed by atoms with Gasteiger partial charge in [0.05, 0.1) is 12.1 Å². The van der Waals surface area contributed by atoms with E-state index >= 15 is 0 Å². The Balaban J connectivity index is 2.11. The number of likely N-dealkylation sites (tertiary alicyclic amines) is 1. The third kappa shape index (κ3) is 2.03. The van der Waals surface area contributed by atoms with Gasteiger partial charge in [0.1, 0.15) is 0 Å². The van der Waals surface area contributed by atoms with E-state index in [9.17, 15) is 4.39 Å². The first-order chi connectivity index (χ1) is 9.28. The number of rotatable bonds is 2. The number of benzene rings is 1. The number of para-hydroxylation sites is 1. The summed E-state index contributed by atoms with van der Waals surface area (Å²) >= 11 is 0. The molecule has 2 aliphatic rings. The van der Waals surface area contributed by atoms with Crippen LogP contribution in [0.5, 0.6) is 5.75 Å². The average molecular weight is 264 g/mol. The summed E-state index contributed by atoms with van der Waals surface area (Å²) < 4.78 is 19.7. The highest BCUT2D eigenvalue weighted by atomic mass is 19.1. The summed E-state index contributed by atoms with van der Waals surface area (Å²) in [6.07, 6.45) is 4.27. The molecule has 0 spiro atoms. The minimum absolute atomic E-state index is 0.246. The molecule has 0 radical (unpaired) electrons. The summed E-state index contributed by atoms with van der Waals surface area (Å²) in [5.74, 6) is 0.147. The van der Waals surface area contributed by atoms with Gasteiger partial charge in [-0.15, -0.1) is 0 Å². The molecule has 0 amide bonds. The van der Waals surface area contributed by atoms with Crippen LogP contribution in [-0.4, -0.2) is 31.1 Å². The zero-order valence-electron chi connectivity index (χ0n) is 11.2. The maximum Gasteiger partial charge on any atom is 0.165 e. The molecular formula is C15H21FN2O. The lowest BCUT2D eigenvalue weighted by Crippen LogP contribution is -2.49. The van der Waals surface area contributed by atoms with Gasteiger partial charge in [-0.2, -0.15) is 0 Å². The van der Waals surface area contributed by atoms with E-state index in [0.717, 1.165) is 31.5 Å². The number of fused-ring (bicyclic) bond motifs is 1. The molecule has 1 aromatic carbocycles. The first-order valence-electron chi connectivity index (χ1n) is 7.15. The SMILES string of the molecule is NCC1(N2CCCC2)CCCOc2c(F)cccc21. The van der Waals surface area contributed by atoms with Crippen molar-refractivity contribution in [3.63, 3.8) is 0 Å². The van der Waals surface area contributed by atoms with Gasteiger partial charge in [-0.25, -0.2) is 4.39 Å². The largest absolute Gasteiger partial charge is 0.490 e. The Labute approximate surface area is 113 Å². The number of halogens is 1. The molecule has 2 N–H and O–H groups in total. The number of hydrogen-bond acceptors (Lipinski definition) is 3. The predicted octanol–water partition coefficient (Wildman–Crippen LogP) is 2.25. The average Bonchev–Trinajstić information content (AvgIpc) is 2.89. The molecule has 1 saturated heterocycles. The fourth-order valence-corrected chi connectivity index (χ4v) is 3.51. The van der Waals surface area contributed by atoms with E-state index in [1.165, 1.54) is 18.9 Å². The molecule has 3 rings (SSSR count). The van der Waals surface area contributed by atoms with Crippen LogP contribution in [0.2, 0.25) is 0 Å². The third-order valence-corrected chi connectivity index (χ3v) is 4.50. The van der Waals surface area contributed by atoms with Crippen molar-refractivity contribution in [3.05, 3.63) is 29.6 Å². The Morgan fingerprint density at radius 3 is 2.79 bits per heavy atom. The van der Waals surface area contributed by atoms with Crippen molar-refractivity contribution in [1.29, 1.82) is 0 Å². The second kappa shape index (κ2) is 5.10. The second-order valence-corrected chi connectivity index (χ2v) is 5.50. The van der Waals surface area contributed by atoms with Crippen LogP contribution in [0.15, 0.2) is 18.2 Å². The van der Waals surface area contributed by atoms with E-state index in [2.05, 4.69) is 4.90 Å². The van der Waals surface area contributed by atoms with E-state index in [4.69, 9.17) is 10.5 Å². The van der Waals surface area contributed by atoms with E-state index in [1.807, 2.05) is 6.07 Å². The van der Waals surface area contributed by atoms with E-state index in [-0.39, 0.29) is 11.4 Å². The summed E-state index contributed by atoms with van der Waals surface area (Å²) in [6, 6.07) is 5.22. The number of hydrogen-bond donors (Lipinski definition) is 1. The lowest BCUT2D eigenvalue weighted by molar-refractivity contribution is 0.112. The molecule has 1 aromatic rings. The lowest BCUT2D eigenvalue weighted by atomic mass is 9.83. The molecular weight excluding hydrogens is 243 g/mol. The fraction of sp³-hybridized carbons (Fsp3) is 0.600. The highest BCUT2D eigenvalue weighted by Crippen LogP contribution is 2.42. The maximum atomic E-state index is 14.0. The van der Waals surface area contributed by atoms with E-state index in [0.29, 0.717) is 18.9 Å². The van der Waals surface area contributed by atoms with Crippen LogP contribution in [0.1, 0.15) is 31.2 Å². The monoisotopic (exact) mass is 264 g/mol. The topological polar surface area (TPSA) is 38.5 Å². The van der Waals surface area contributed by atoms with Gasteiger partial charge in [0, 0.05) is 12.1 Å². The highest BCUT2D eigenvalue weighted by Gasteiger charge is 2.42. The molecule has 1 fully saturated rings. The quantitative estimate of drug-likeness (QED) is 0.890.